The summed E-state index contributed by atoms with van der Waals surface area (Å²) in [5.41, 5.74) is 6.81. The minimum Gasteiger partial charge on any atom is -0.399 e. The topological polar surface area (TPSA) is 98.0 Å². The molecule has 0 atom stereocenters. The van der Waals surface area contributed by atoms with Gasteiger partial charge in [0.05, 0.1) is 4.90 Å². The molecule has 1 heterocycles. The largest absolute Gasteiger partial charge is 0.399 e. The molecule has 0 fully saturated rings. The summed E-state index contributed by atoms with van der Waals surface area (Å²) in [6, 6.07) is 4.36. The lowest BCUT2D eigenvalue weighted by Crippen LogP contribution is -2.15. The Labute approximate surface area is 126 Å². The van der Waals surface area contributed by atoms with Crippen LogP contribution in [0.5, 0.6) is 0 Å². The molecule has 6 nitrogen and oxygen atoms in total. The quantitative estimate of drug-likeness (QED) is 0.664. The van der Waals surface area contributed by atoms with Crippen molar-refractivity contribution in [2.75, 3.05) is 10.5 Å². The standard InChI is InChI=1S/C11H10Cl2N4O2S/c1-6-4-7(2-3-8(6)14)20(18,19)17-11-9(12)10(13)15-5-16-11/h2-5H,14H2,1H3,(H,15,16,17). The van der Waals surface area contributed by atoms with Gasteiger partial charge in [-0.15, -0.1) is 0 Å². The number of hydrogen-bond acceptors (Lipinski definition) is 5. The van der Waals surface area contributed by atoms with Gasteiger partial charge in [-0.1, -0.05) is 23.2 Å². The lowest BCUT2D eigenvalue weighted by atomic mass is 10.2. The van der Waals surface area contributed by atoms with Crippen LogP contribution < -0.4 is 10.5 Å². The van der Waals surface area contributed by atoms with Crippen molar-refractivity contribution in [1.29, 1.82) is 0 Å². The summed E-state index contributed by atoms with van der Waals surface area (Å²) in [5, 5.41) is -0.0993. The van der Waals surface area contributed by atoms with Crippen LogP contribution in [0.15, 0.2) is 29.4 Å². The van der Waals surface area contributed by atoms with E-state index in [9.17, 15) is 8.42 Å². The van der Waals surface area contributed by atoms with Crippen LogP contribution in [0.4, 0.5) is 11.5 Å². The van der Waals surface area contributed by atoms with E-state index in [1.165, 1.54) is 18.2 Å². The average Bonchev–Trinajstić information content (AvgIpc) is 2.38. The van der Waals surface area contributed by atoms with Crippen molar-refractivity contribution in [3.63, 3.8) is 0 Å². The predicted molar refractivity (Wildman–Crippen MR) is 78.5 cm³/mol. The Balaban J connectivity index is 2.41. The van der Waals surface area contributed by atoms with Gasteiger partial charge in [0.25, 0.3) is 10.0 Å². The number of nitrogens with one attached hydrogen (secondary N) is 1. The fraction of sp³-hybridized carbons (Fsp3) is 0.0909. The summed E-state index contributed by atoms with van der Waals surface area (Å²) in [7, 11) is -3.83. The Morgan fingerprint density at radius 1 is 1.25 bits per heavy atom. The number of rotatable bonds is 3. The van der Waals surface area contributed by atoms with Crippen LogP contribution in [-0.2, 0) is 10.0 Å². The molecule has 0 bridgehead atoms. The van der Waals surface area contributed by atoms with Gasteiger partial charge in [-0.05, 0) is 30.7 Å². The SMILES string of the molecule is Cc1cc(S(=O)(=O)Nc2ncnc(Cl)c2Cl)ccc1N. The van der Waals surface area contributed by atoms with E-state index in [2.05, 4.69) is 14.7 Å². The summed E-state index contributed by atoms with van der Waals surface area (Å²) in [6.45, 7) is 1.71. The van der Waals surface area contributed by atoms with Gasteiger partial charge in [0.2, 0.25) is 0 Å². The van der Waals surface area contributed by atoms with E-state index in [0.29, 0.717) is 11.3 Å². The number of hydrogen-bond donors (Lipinski definition) is 2. The molecule has 20 heavy (non-hydrogen) atoms. The molecular weight excluding hydrogens is 323 g/mol. The highest BCUT2D eigenvalue weighted by atomic mass is 35.5. The molecule has 2 rings (SSSR count). The summed E-state index contributed by atoms with van der Waals surface area (Å²) in [5.74, 6) is -0.0823. The number of anilines is 2. The minimum atomic E-state index is -3.83. The molecule has 0 unspecified atom stereocenters. The number of nitrogens with zero attached hydrogens (tertiary/aromatic N) is 2. The summed E-state index contributed by atoms with van der Waals surface area (Å²) in [4.78, 5) is 7.44. The van der Waals surface area contributed by atoms with Crippen LogP contribution in [0.3, 0.4) is 0 Å². The number of nitrogens with two attached hydrogens (primary N) is 1. The van der Waals surface area contributed by atoms with E-state index in [1.807, 2.05) is 0 Å². The molecule has 0 radical (unpaired) electrons. The van der Waals surface area contributed by atoms with Crippen LogP contribution >= 0.6 is 23.2 Å². The summed E-state index contributed by atoms with van der Waals surface area (Å²) >= 11 is 11.5. The second kappa shape index (κ2) is 5.43. The third-order valence-electron chi connectivity index (χ3n) is 2.53. The highest BCUT2D eigenvalue weighted by Crippen LogP contribution is 2.27. The first-order valence-electron chi connectivity index (χ1n) is 5.36. The van der Waals surface area contributed by atoms with E-state index in [1.54, 1.807) is 6.92 Å². The first-order chi connectivity index (χ1) is 9.31. The molecule has 0 amide bonds. The first kappa shape index (κ1) is 14.8. The van der Waals surface area contributed by atoms with E-state index in [-0.39, 0.29) is 20.9 Å². The fourth-order valence-electron chi connectivity index (χ4n) is 1.42. The molecule has 1 aromatic carbocycles. The predicted octanol–water partition coefficient (Wildman–Crippen LogP) is 2.47. The van der Waals surface area contributed by atoms with Crippen molar-refractivity contribution >= 4 is 44.7 Å². The molecule has 0 aliphatic rings. The van der Waals surface area contributed by atoms with Gasteiger partial charge in [0, 0.05) is 5.69 Å². The zero-order chi connectivity index (χ0) is 14.9. The minimum absolute atomic E-state index is 0.0344. The van der Waals surface area contributed by atoms with Gasteiger partial charge < -0.3 is 5.73 Å². The van der Waals surface area contributed by atoms with Gasteiger partial charge in [0.1, 0.15) is 11.3 Å². The molecule has 0 saturated carbocycles. The van der Waals surface area contributed by atoms with E-state index >= 15 is 0 Å². The van der Waals surface area contributed by atoms with Gasteiger partial charge in [-0.2, -0.15) is 0 Å². The molecule has 1 aromatic heterocycles. The highest BCUT2D eigenvalue weighted by molar-refractivity contribution is 7.92. The number of aryl methyl sites for hydroxylation is 1. The maximum Gasteiger partial charge on any atom is 0.263 e. The van der Waals surface area contributed by atoms with Crippen LogP contribution in [-0.4, -0.2) is 18.4 Å². The number of benzene rings is 1. The highest BCUT2D eigenvalue weighted by Gasteiger charge is 2.18. The van der Waals surface area contributed by atoms with Gasteiger partial charge in [-0.25, -0.2) is 18.4 Å². The smallest absolute Gasteiger partial charge is 0.263 e. The zero-order valence-electron chi connectivity index (χ0n) is 10.3. The number of sulfonamides is 1. The van der Waals surface area contributed by atoms with Crippen molar-refractivity contribution in [1.82, 2.24) is 9.97 Å². The molecular formula is C11H10Cl2N4O2S. The van der Waals surface area contributed by atoms with E-state index in [0.717, 1.165) is 6.33 Å². The molecule has 0 aliphatic heterocycles. The van der Waals surface area contributed by atoms with Crippen molar-refractivity contribution in [3.05, 3.63) is 40.3 Å². The Hall–Kier alpha value is -1.57. The van der Waals surface area contributed by atoms with E-state index < -0.39 is 10.0 Å². The molecule has 2 aromatic rings. The Kier molecular flexibility index (Phi) is 4.03. The van der Waals surface area contributed by atoms with Crippen LogP contribution in [0.2, 0.25) is 10.2 Å². The Morgan fingerprint density at radius 3 is 2.60 bits per heavy atom. The third kappa shape index (κ3) is 2.95. The number of nitrogen functional groups attached to an aromatic ring is 1. The second-order valence-electron chi connectivity index (χ2n) is 3.95. The maximum atomic E-state index is 12.2. The molecule has 0 aliphatic carbocycles. The van der Waals surface area contributed by atoms with Crippen molar-refractivity contribution in [3.8, 4) is 0 Å². The van der Waals surface area contributed by atoms with Crippen molar-refractivity contribution < 1.29 is 8.42 Å². The van der Waals surface area contributed by atoms with Gasteiger partial charge >= 0.3 is 0 Å². The lowest BCUT2D eigenvalue weighted by molar-refractivity contribution is 0.601. The normalized spacial score (nSPS) is 11.3. The molecule has 106 valence electrons. The van der Waals surface area contributed by atoms with Crippen LogP contribution in [0.25, 0.3) is 0 Å². The second-order valence-corrected chi connectivity index (χ2v) is 6.37. The lowest BCUT2D eigenvalue weighted by Gasteiger charge is -2.10. The molecule has 0 saturated heterocycles. The summed E-state index contributed by atoms with van der Waals surface area (Å²) < 4.78 is 26.7. The summed E-state index contributed by atoms with van der Waals surface area (Å²) in [6.07, 6.45) is 1.11. The third-order valence-corrected chi connectivity index (χ3v) is 4.61. The Bertz CT molecular complexity index is 765. The first-order valence-corrected chi connectivity index (χ1v) is 7.60. The van der Waals surface area contributed by atoms with Crippen LogP contribution in [0, 0.1) is 6.92 Å². The van der Waals surface area contributed by atoms with Gasteiger partial charge in [-0.3, -0.25) is 4.72 Å². The fourth-order valence-corrected chi connectivity index (χ4v) is 2.86. The molecule has 0 spiro atoms. The molecule has 9 heteroatoms. The van der Waals surface area contributed by atoms with E-state index in [4.69, 9.17) is 28.9 Å². The van der Waals surface area contributed by atoms with Gasteiger partial charge in [0.15, 0.2) is 11.0 Å². The zero-order valence-corrected chi connectivity index (χ0v) is 12.6. The van der Waals surface area contributed by atoms with Crippen molar-refractivity contribution in [2.24, 2.45) is 0 Å². The monoisotopic (exact) mass is 332 g/mol. The maximum absolute atomic E-state index is 12.2. The van der Waals surface area contributed by atoms with Crippen molar-refractivity contribution in [2.45, 2.75) is 11.8 Å². The van der Waals surface area contributed by atoms with Crippen LogP contribution in [0.1, 0.15) is 5.56 Å². The number of halogens is 2. The Morgan fingerprint density at radius 2 is 1.95 bits per heavy atom. The number of aromatic nitrogens is 2. The average molecular weight is 333 g/mol. The molecule has 3 N–H and O–H groups in total.